The van der Waals surface area contributed by atoms with Crippen LogP contribution in [0.2, 0.25) is 5.02 Å². The van der Waals surface area contributed by atoms with Crippen LogP contribution in [-0.4, -0.2) is 29.6 Å². The normalized spacial score (nSPS) is 17.0. The van der Waals surface area contributed by atoms with Gasteiger partial charge in [0.2, 0.25) is 0 Å². The maximum Gasteiger partial charge on any atom is 0.266 e. The molecule has 0 radical (unpaired) electrons. The van der Waals surface area contributed by atoms with E-state index in [4.69, 9.17) is 16.3 Å². The molecule has 2 aromatic carbocycles. The predicted octanol–water partition coefficient (Wildman–Crippen LogP) is 6.89. The van der Waals surface area contributed by atoms with Gasteiger partial charge in [-0.1, -0.05) is 34.5 Å². The fourth-order valence-electron chi connectivity index (χ4n) is 2.68. The van der Waals surface area contributed by atoms with Crippen LogP contribution in [0.3, 0.4) is 0 Å². The Hall–Kier alpha value is -1.28. The standard InChI is InChI=1S/C20H17Br2ClN2O2S/c1-3-8-25-19(26)17(10-12-9-13(21)11-16(22)18(12)27-2)28-20(25)24-15-6-4-14(23)5-7-15/h4-7,9-11H,3,8H2,1-2H3/b17-10-,24-20?. The minimum absolute atomic E-state index is 0.0577. The van der Waals surface area contributed by atoms with Gasteiger partial charge in [0.25, 0.3) is 5.91 Å². The van der Waals surface area contributed by atoms with Gasteiger partial charge in [-0.25, -0.2) is 4.99 Å². The molecular weight excluding hydrogens is 528 g/mol. The molecule has 146 valence electrons. The molecule has 1 aliphatic heterocycles. The van der Waals surface area contributed by atoms with Crippen molar-refractivity contribution in [3.63, 3.8) is 0 Å². The molecular formula is C20H17Br2ClN2O2S. The lowest BCUT2D eigenvalue weighted by atomic mass is 10.2. The third kappa shape index (κ3) is 4.82. The predicted molar refractivity (Wildman–Crippen MR) is 125 cm³/mol. The van der Waals surface area contributed by atoms with Crippen LogP contribution < -0.4 is 4.74 Å². The van der Waals surface area contributed by atoms with Crippen molar-refractivity contribution in [2.24, 2.45) is 4.99 Å². The molecule has 2 aromatic rings. The molecule has 28 heavy (non-hydrogen) atoms. The average Bonchev–Trinajstić information content (AvgIpc) is 2.92. The second-order valence-corrected chi connectivity index (χ2v) is 9.16. The number of aliphatic imine (C=N–C) groups is 1. The van der Waals surface area contributed by atoms with E-state index < -0.39 is 0 Å². The number of amides is 1. The van der Waals surface area contributed by atoms with Crippen LogP contribution in [0.1, 0.15) is 18.9 Å². The monoisotopic (exact) mass is 542 g/mol. The highest BCUT2D eigenvalue weighted by Gasteiger charge is 2.33. The molecule has 1 fully saturated rings. The summed E-state index contributed by atoms with van der Waals surface area (Å²) in [6, 6.07) is 11.1. The highest BCUT2D eigenvalue weighted by molar-refractivity contribution is 9.11. The lowest BCUT2D eigenvalue weighted by Gasteiger charge is -2.14. The SMILES string of the molecule is CCCN1C(=O)/C(=C/c2cc(Br)cc(Br)c2OC)SC1=Nc1ccc(Cl)cc1. The first-order valence-corrected chi connectivity index (χ1v) is 11.3. The Bertz CT molecular complexity index is 961. The van der Waals surface area contributed by atoms with Crippen LogP contribution in [0, 0.1) is 0 Å². The average molecular weight is 545 g/mol. The first kappa shape index (κ1) is 21.4. The van der Waals surface area contributed by atoms with Crippen LogP contribution in [0.5, 0.6) is 5.75 Å². The third-order valence-corrected chi connectivity index (χ3v) is 6.22. The van der Waals surface area contributed by atoms with E-state index in [1.165, 1.54) is 11.8 Å². The van der Waals surface area contributed by atoms with E-state index in [9.17, 15) is 4.79 Å². The molecule has 8 heteroatoms. The number of amidine groups is 1. The van der Waals surface area contributed by atoms with Gasteiger partial charge in [0.15, 0.2) is 5.17 Å². The molecule has 0 saturated carbocycles. The van der Waals surface area contributed by atoms with Crippen molar-refractivity contribution in [1.82, 2.24) is 4.90 Å². The molecule has 1 heterocycles. The minimum atomic E-state index is -0.0577. The van der Waals surface area contributed by atoms with Gasteiger partial charge < -0.3 is 4.74 Å². The molecule has 1 amide bonds. The summed E-state index contributed by atoms with van der Waals surface area (Å²) in [6.07, 6.45) is 2.68. The van der Waals surface area contributed by atoms with E-state index in [1.54, 1.807) is 24.1 Å². The maximum absolute atomic E-state index is 13.0. The molecule has 3 rings (SSSR count). The number of hydrogen-bond acceptors (Lipinski definition) is 4. The van der Waals surface area contributed by atoms with Gasteiger partial charge in [0.05, 0.1) is 22.2 Å². The second-order valence-electron chi connectivity index (χ2n) is 5.95. The Morgan fingerprint density at radius 1 is 1.25 bits per heavy atom. The van der Waals surface area contributed by atoms with E-state index in [1.807, 2.05) is 37.3 Å². The van der Waals surface area contributed by atoms with Crippen molar-refractivity contribution < 1.29 is 9.53 Å². The molecule has 0 aliphatic carbocycles. The highest BCUT2D eigenvalue weighted by atomic mass is 79.9. The number of nitrogens with zero attached hydrogens (tertiary/aromatic N) is 2. The summed E-state index contributed by atoms with van der Waals surface area (Å²) in [4.78, 5) is 20.0. The van der Waals surface area contributed by atoms with E-state index in [0.29, 0.717) is 27.4 Å². The van der Waals surface area contributed by atoms with Gasteiger partial charge in [0, 0.05) is 21.6 Å². The number of hydrogen-bond donors (Lipinski definition) is 0. The fraction of sp³-hybridized carbons (Fsp3) is 0.200. The van der Waals surface area contributed by atoms with Gasteiger partial charge in [-0.05, 0) is 76.6 Å². The van der Waals surface area contributed by atoms with E-state index in [0.717, 1.165) is 26.6 Å². The summed E-state index contributed by atoms with van der Waals surface area (Å²) < 4.78 is 7.20. The number of benzene rings is 2. The van der Waals surface area contributed by atoms with E-state index >= 15 is 0 Å². The van der Waals surface area contributed by atoms with Crippen molar-refractivity contribution in [1.29, 1.82) is 0 Å². The quantitative estimate of drug-likeness (QED) is 0.385. The number of methoxy groups -OCH3 is 1. The zero-order chi connectivity index (χ0) is 20.3. The van der Waals surface area contributed by atoms with Gasteiger partial charge >= 0.3 is 0 Å². The summed E-state index contributed by atoms with van der Waals surface area (Å²) in [5.74, 6) is 0.618. The lowest BCUT2D eigenvalue weighted by molar-refractivity contribution is -0.122. The minimum Gasteiger partial charge on any atom is -0.495 e. The van der Waals surface area contributed by atoms with Crippen LogP contribution in [0.25, 0.3) is 6.08 Å². The number of carbonyl (C=O) groups is 1. The Morgan fingerprint density at radius 3 is 2.61 bits per heavy atom. The van der Waals surface area contributed by atoms with Crippen molar-refractivity contribution in [2.45, 2.75) is 13.3 Å². The van der Waals surface area contributed by atoms with Gasteiger partial charge in [0.1, 0.15) is 5.75 Å². The van der Waals surface area contributed by atoms with Crippen LogP contribution in [0.15, 0.2) is 55.2 Å². The summed E-state index contributed by atoms with van der Waals surface area (Å²) in [5, 5.41) is 1.31. The molecule has 0 spiro atoms. The number of carbonyl (C=O) groups excluding carboxylic acids is 1. The third-order valence-electron chi connectivity index (χ3n) is 3.91. The molecule has 1 saturated heterocycles. The summed E-state index contributed by atoms with van der Waals surface area (Å²) >= 11 is 14.3. The number of thioether (sulfide) groups is 1. The van der Waals surface area contributed by atoms with Crippen LogP contribution in [-0.2, 0) is 4.79 Å². The Kier molecular flexibility index (Phi) is 7.25. The van der Waals surface area contributed by atoms with Crippen LogP contribution >= 0.6 is 55.2 Å². The van der Waals surface area contributed by atoms with E-state index in [2.05, 4.69) is 36.9 Å². The highest BCUT2D eigenvalue weighted by Crippen LogP contribution is 2.39. The summed E-state index contributed by atoms with van der Waals surface area (Å²) in [6.45, 7) is 2.64. The first-order valence-electron chi connectivity index (χ1n) is 8.51. The van der Waals surface area contributed by atoms with Gasteiger partial charge in [-0.15, -0.1) is 0 Å². The summed E-state index contributed by atoms with van der Waals surface area (Å²) in [7, 11) is 1.61. The zero-order valence-corrected chi connectivity index (χ0v) is 20.0. The Labute approximate surface area is 190 Å². The Morgan fingerprint density at radius 2 is 1.96 bits per heavy atom. The van der Waals surface area contributed by atoms with Crippen molar-refractivity contribution in [3.8, 4) is 5.75 Å². The largest absolute Gasteiger partial charge is 0.495 e. The first-order chi connectivity index (χ1) is 13.4. The van der Waals surface area contributed by atoms with Crippen molar-refractivity contribution in [3.05, 3.63) is 60.8 Å². The molecule has 4 nitrogen and oxygen atoms in total. The Balaban J connectivity index is 2.01. The molecule has 1 aliphatic rings. The fourth-order valence-corrected chi connectivity index (χ4v) is 5.24. The van der Waals surface area contributed by atoms with Gasteiger partial charge in [-0.2, -0.15) is 0 Å². The van der Waals surface area contributed by atoms with Gasteiger partial charge in [-0.3, -0.25) is 9.69 Å². The summed E-state index contributed by atoms with van der Waals surface area (Å²) in [5.41, 5.74) is 1.56. The topological polar surface area (TPSA) is 41.9 Å². The van der Waals surface area contributed by atoms with Crippen molar-refractivity contribution >= 4 is 78.1 Å². The molecule has 0 atom stereocenters. The molecule has 0 N–H and O–H groups in total. The molecule has 0 bridgehead atoms. The number of ether oxygens (including phenoxy) is 1. The molecule has 0 aromatic heterocycles. The molecule has 0 unspecified atom stereocenters. The zero-order valence-electron chi connectivity index (χ0n) is 15.2. The maximum atomic E-state index is 13.0. The van der Waals surface area contributed by atoms with E-state index in [-0.39, 0.29) is 5.91 Å². The smallest absolute Gasteiger partial charge is 0.266 e. The number of halogens is 3. The van der Waals surface area contributed by atoms with Crippen LogP contribution in [0.4, 0.5) is 5.69 Å². The van der Waals surface area contributed by atoms with Crippen molar-refractivity contribution in [2.75, 3.05) is 13.7 Å². The number of rotatable bonds is 5. The second kappa shape index (κ2) is 9.48. The lowest BCUT2D eigenvalue weighted by Crippen LogP contribution is -2.29.